The van der Waals surface area contributed by atoms with Crippen LogP contribution in [0, 0.1) is 22.7 Å². The molecule has 4 N–H and O–H groups in total. The van der Waals surface area contributed by atoms with Crippen LogP contribution in [-0.2, 0) is 0 Å². The summed E-state index contributed by atoms with van der Waals surface area (Å²) in [6.45, 7) is 5.37. The van der Waals surface area contributed by atoms with Gasteiger partial charge in [0.2, 0.25) is 0 Å². The minimum atomic E-state index is -1.24. The Bertz CT molecular complexity index is 1120. The van der Waals surface area contributed by atoms with Crippen LogP contribution >= 0.6 is 0 Å². The van der Waals surface area contributed by atoms with Gasteiger partial charge in [0.25, 0.3) is 0 Å². The van der Waals surface area contributed by atoms with Crippen molar-refractivity contribution in [1.82, 2.24) is 4.98 Å². The predicted molar refractivity (Wildman–Crippen MR) is 118 cm³/mol. The average molecular weight is 458 g/mol. The SMILES string of the molecule is CC12CC[C@H](O)C(C)(CO)C1C[C@H](O)[C@@]1(C)Oc3cc(-c4cccnc4)oc(=O)c3[C@H](O)C21. The molecule has 3 heterocycles. The average Bonchev–Trinajstić information content (AvgIpc) is 2.78. The quantitative estimate of drug-likeness (QED) is 0.539. The topological polar surface area (TPSA) is 133 Å². The van der Waals surface area contributed by atoms with Gasteiger partial charge < -0.3 is 29.6 Å². The van der Waals surface area contributed by atoms with Gasteiger partial charge >= 0.3 is 5.63 Å². The number of rotatable bonds is 2. The van der Waals surface area contributed by atoms with E-state index in [4.69, 9.17) is 9.15 Å². The molecule has 5 rings (SSSR count). The molecule has 8 heteroatoms. The fraction of sp³-hybridized carbons (Fsp3) is 0.600. The van der Waals surface area contributed by atoms with Crippen LogP contribution in [0.1, 0.15) is 51.7 Å². The highest BCUT2D eigenvalue weighted by Crippen LogP contribution is 2.66. The van der Waals surface area contributed by atoms with Gasteiger partial charge in [-0.15, -0.1) is 0 Å². The third-order valence-corrected chi connectivity index (χ3v) is 8.94. The third kappa shape index (κ3) is 2.97. The Balaban J connectivity index is 1.65. The summed E-state index contributed by atoms with van der Waals surface area (Å²) < 4.78 is 11.9. The van der Waals surface area contributed by atoms with Gasteiger partial charge in [0, 0.05) is 35.4 Å². The van der Waals surface area contributed by atoms with Crippen molar-refractivity contribution >= 4 is 0 Å². The molecule has 33 heavy (non-hydrogen) atoms. The maximum absolute atomic E-state index is 13.1. The zero-order valence-electron chi connectivity index (χ0n) is 19.1. The van der Waals surface area contributed by atoms with Gasteiger partial charge in [-0.1, -0.05) is 13.8 Å². The van der Waals surface area contributed by atoms with Crippen molar-refractivity contribution in [2.24, 2.45) is 22.7 Å². The van der Waals surface area contributed by atoms with Crippen LogP contribution in [0.25, 0.3) is 11.3 Å². The van der Waals surface area contributed by atoms with Crippen LogP contribution in [0.4, 0.5) is 0 Å². The Labute approximate surface area is 191 Å². The summed E-state index contributed by atoms with van der Waals surface area (Å²) in [6.07, 6.45) is 1.56. The molecular weight excluding hydrogens is 426 g/mol. The van der Waals surface area contributed by atoms with Gasteiger partial charge in [-0.3, -0.25) is 4.98 Å². The highest BCUT2D eigenvalue weighted by atomic mass is 16.5. The summed E-state index contributed by atoms with van der Waals surface area (Å²) in [7, 11) is 0. The number of aromatic nitrogens is 1. The molecule has 8 nitrogen and oxygen atoms in total. The van der Waals surface area contributed by atoms with E-state index in [-0.39, 0.29) is 29.6 Å². The fourth-order valence-corrected chi connectivity index (χ4v) is 7.08. The van der Waals surface area contributed by atoms with Crippen molar-refractivity contribution in [2.75, 3.05) is 6.61 Å². The van der Waals surface area contributed by atoms with E-state index >= 15 is 0 Å². The lowest BCUT2D eigenvalue weighted by atomic mass is 9.42. The first kappa shape index (κ1) is 22.5. The predicted octanol–water partition coefficient (Wildman–Crippen LogP) is 2.04. The highest BCUT2D eigenvalue weighted by molar-refractivity contribution is 5.59. The lowest BCUT2D eigenvalue weighted by Gasteiger charge is -2.66. The van der Waals surface area contributed by atoms with Crippen LogP contribution in [0.3, 0.4) is 0 Å². The molecular formula is C25H31NO7. The summed E-state index contributed by atoms with van der Waals surface area (Å²) in [6, 6.07) is 5.05. The normalized spacial score (nSPS) is 42.0. The van der Waals surface area contributed by atoms with E-state index in [1.54, 1.807) is 37.5 Å². The standard InChI is InChI=1S/C25H31NO7/c1-23-7-6-17(28)24(2,12-27)16(23)10-18(29)25(3)21(23)20(30)19-15(33-25)9-14(32-22(19)31)13-5-4-8-26-11-13/h4-5,8-9,11,16-18,20-21,27-30H,6-7,10,12H2,1-3H3/t16?,17-,18-,20-,21?,23?,24?,25+/m0/s1. The fourth-order valence-electron chi connectivity index (χ4n) is 7.08. The van der Waals surface area contributed by atoms with Gasteiger partial charge in [-0.25, -0.2) is 4.79 Å². The number of hydrogen-bond donors (Lipinski definition) is 4. The molecule has 0 aromatic carbocycles. The summed E-state index contributed by atoms with van der Waals surface area (Å²) in [5.74, 6) is -0.465. The van der Waals surface area contributed by atoms with Crippen LogP contribution in [0.2, 0.25) is 0 Å². The lowest BCUT2D eigenvalue weighted by molar-refractivity contribution is -0.264. The molecule has 2 aromatic rings. The maximum atomic E-state index is 13.1. The molecule has 4 unspecified atom stereocenters. The highest BCUT2D eigenvalue weighted by Gasteiger charge is 2.68. The van der Waals surface area contributed by atoms with Crippen molar-refractivity contribution in [2.45, 2.75) is 63.9 Å². The zero-order valence-corrected chi connectivity index (χ0v) is 19.1. The maximum Gasteiger partial charge on any atom is 0.345 e. The van der Waals surface area contributed by atoms with E-state index < -0.39 is 46.3 Å². The van der Waals surface area contributed by atoms with Crippen molar-refractivity contribution in [1.29, 1.82) is 0 Å². The molecule has 8 atom stereocenters. The Morgan fingerprint density at radius 1 is 1.18 bits per heavy atom. The first-order chi connectivity index (χ1) is 15.6. The van der Waals surface area contributed by atoms with Crippen LogP contribution in [-0.4, -0.2) is 49.8 Å². The Morgan fingerprint density at radius 2 is 1.94 bits per heavy atom. The van der Waals surface area contributed by atoms with Crippen molar-refractivity contribution in [3.05, 3.63) is 46.6 Å². The van der Waals surface area contributed by atoms with Crippen molar-refractivity contribution < 1.29 is 29.6 Å². The van der Waals surface area contributed by atoms with E-state index in [9.17, 15) is 25.2 Å². The minimum Gasteiger partial charge on any atom is -0.484 e. The molecule has 2 aliphatic carbocycles. The zero-order chi connectivity index (χ0) is 23.8. The molecule has 0 amide bonds. The van der Waals surface area contributed by atoms with E-state index in [0.29, 0.717) is 24.8 Å². The first-order valence-corrected chi connectivity index (χ1v) is 11.5. The Kier molecular flexibility index (Phi) is 5.03. The van der Waals surface area contributed by atoms with Gasteiger partial charge in [0.15, 0.2) is 0 Å². The summed E-state index contributed by atoms with van der Waals surface area (Å²) >= 11 is 0. The first-order valence-electron chi connectivity index (χ1n) is 11.5. The second-order valence-electron chi connectivity index (χ2n) is 10.7. The van der Waals surface area contributed by atoms with E-state index in [1.807, 2.05) is 13.8 Å². The van der Waals surface area contributed by atoms with Gasteiger partial charge in [-0.2, -0.15) is 0 Å². The molecule has 0 radical (unpaired) electrons. The molecule has 2 aromatic heterocycles. The molecule has 178 valence electrons. The van der Waals surface area contributed by atoms with Gasteiger partial charge in [0.05, 0.1) is 24.9 Å². The summed E-state index contributed by atoms with van der Waals surface area (Å²) in [4.78, 5) is 17.1. The molecule has 2 fully saturated rings. The van der Waals surface area contributed by atoms with E-state index in [0.717, 1.165) is 0 Å². The molecule has 0 saturated heterocycles. The number of aliphatic hydroxyl groups excluding tert-OH is 4. The molecule has 0 bridgehead atoms. The second kappa shape index (κ2) is 7.37. The smallest absolute Gasteiger partial charge is 0.345 e. The molecule has 3 aliphatic rings. The largest absolute Gasteiger partial charge is 0.484 e. The van der Waals surface area contributed by atoms with Crippen molar-refractivity contribution in [3.8, 4) is 17.1 Å². The van der Waals surface area contributed by atoms with Crippen LogP contribution < -0.4 is 10.4 Å². The third-order valence-electron chi connectivity index (χ3n) is 8.94. The number of fused-ring (bicyclic) bond motifs is 4. The molecule has 1 aliphatic heterocycles. The minimum absolute atomic E-state index is 0.0380. The summed E-state index contributed by atoms with van der Waals surface area (Å²) in [5, 5.41) is 43.9. The lowest BCUT2D eigenvalue weighted by Crippen LogP contribution is -2.70. The van der Waals surface area contributed by atoms with Crippen molar-refractivity contribution in [3.63, 3.8) is 0 Å². The second-order valence-corrected chi connectivity index (χ2v) is 10.7. The molecule has 2 saturated carbocycles. The number of nitrogens with zero attached hydrogens (tertiary/aromatic N) is 1. The monoisotopic (exact) mass is 457 g/mol. The number of pyridine rings is 1. The number of hydrogen-bond acceptors (Lipinski definition) is 8. The summed E-state index contributed by atoms with van der Waals surface area (Å²) in [5.41, 5.74) is -2.67. The molecule has 0 spiro atoms. The van der Waals surface area contributed by atoms with E-state index in [2.05, 4.69) is 4.98 Å². The van der Waals surface area contributed by atoms with Crippen LogP contribution in [0.5, 0.6) is 5.75 Å². The van der Waals surface area contributed by atoms with Gasteiger partial charge in [-0.05, 0) is 49.7 Å². The van der Waals surface area contributed by atoms with E-state index in [1.165, 1.54) is 0 Å². The Hall–Kier alpha value is -2.26. The Morgan fingerprint density at radius 3 is 2.61 bits per heavy atom. The van der Waals surface area contributed by atoms with Gasteiger partial charge in [0.1, 0.15) is 22.7 Å². The van der Waals surface area contributed by atoms with Crippen LogP contribution in [0.15, 0.2) is 39.8 Å². The number of ether oxygens (including phenoxy) is 1. The number of aliphatic hydroxyl groups is 4.